The predicted octanol–water partition coefficient (Wildman–Crippen LogP) is 6.40. The molecule has 5 rings (SSSR count). The van der Waals surface area contributed by atoms with E-state index in [1.165, 1.54) is 44.9 Å². The largest absolute Gasteiger partial charge is 0.387 e. The highest BCUT2D eigenvalue weighted by Crippen LogP contribution is 2.65. The summed E-state index contributed by atoms with van der Waals surface area (Å²) in [7, 11) is 1.72. The molecule has 34 heavy (non-hydrogen) atoms. The van der Waals surface area contributed by atoms with Crippen LogP contribution in [0.4, 0.5) is 5.69 Å². The summed E-state index contributed by atoms with van der Waals surface area (Å²) in [6, 6.07) is 10.8. The van der Waals surface area contributed by atoms with E-state index in [4.69, 9.17) is 4.74 Å². The minimum absolute atomic E-state index is 0.417. The fraction of sp³-hybridized carbons (Fsp3) is 0.767. The fourth-order valence-corrected chi connectivity index (χ4v) is 9.44. The zero-order valence-corrected chi connectivity index (χ0v) is 21.4. The van der Waals surface area contributed by atoms with E-state index in [2.05, 4.69) is 31.3 Å². The van der Waals surface area contributed by atoms with E-state index < -0.39 is 5.60 Å². The van der Waals surface area contributed by atoms with Crippen LogP contribution in [-0.2, 0) is 4.74 Å². The van der Waals surface area contributed by atoms with Crippen LogP contribution in [0.25, 0.3) is 0 Å². The Kier molecular flexibility index (Phi) is 6.73. The van der Waals surface area contributed by atoms with Crippen LogP contribution in [0.15, 0.2) is 24.3 Å². The van der Waals surface area contributed by atoms with Gasteiger partial charge in [-0.1, -0.05) is 19.9 Å². The molecule has 0 spiro atoms. The van der Waals surface area contributed by atoms with Crippen molar-refractivity contribution in [2.24, 2.45) is 40.9 Å². The first kappa shape index (κ1) is 24.1. The molecule has 4 saturated carbocycles. The SMILES string of the molecule is CCC(Nc1cccc(C#N)c1)[C@H]1CC[C@H]2[C@@H]3CC[C@@H]4C[C@@](O)(COC)CC[C@@H]4[C@H]3CC[C@]12C. The van der Waals surface area contributed by atoms with Gasteiger partial charge in [-0.25, -0.2) is 0 Å². The van der Waals surface area contributed by atoms with E-state index in [1.807, 2.05) is 18.2 Å². The van der Waals surface area contributed by atoms with Crippen molar-refractivity contribution >= 4 is 5.69 Å². The Morgan fingerprint density at radius 1 is 1.12 bits per heavy atom. The van der Waals surface area contributed by atoms with Crippen molar-refractivity contribution < 1.29 is 9.84 Å². The first-order chi connectivity index (χ1) is 16.4. The first-order valence-corrected chi connectivity index (χ1v) is 13.9. The van der Waals surface area contributed by atoms with Gasteiger partial charge in [0, 0.05) is 18.8 Å². The predicted molar refractivity (Wildman–Crippen MR) is 136 cm³/mol. The highest BCUT2D eigenvalue weighted by molar-refractivity contribution is 5.50. The summed E-state index contributed by atoms with van der Waals surface area (Å²) in [5, 5.41) is 24.2. The third-order valence-electron chi connectivity index (χ3n) is 10.9. The summed E-state index contributed by atoms with van der Waals surface area (Å²) < 4.78 is 5.37. The molecule has 1 aromatic rings. The number of nitriles is 1. The molecule has 9 atom stereocenters. The number of nitrogens with one attached hydrogen (secondary N) is 1. The van der Waals surface area contributed by atoms with Crippen molar-refractivity contribution in [1.82, 2.24) is 0 Å². The van der Waals surface area contributed by atoms with Crippen LogP contribution in [0.3, 0.4) is 0 Å². The smallest absolute Gasteiger partial charge is 0.0992 e. The van der Waals surface area contributed by atoms with E-state index in [9.17, 15) is 10.4 Å². The highest BCUT2D eigenvalue weighted by atomic mass is 16.5. The Hall–Kier alpha value is -1.57. The molecular weight excluding hydrogens is 420 g/mol. The van der Waals surface area contributed by atoms with Gasteiger partial charge in [0.05, 0.1) is 23.8 Å². The monoisotopic (exact) mass is 464 g/mol. The normalized spacial score (nSPS) is 42.1. The van der Waals surface area contributed by atoms with Crippen LogP contribution in [-0.4, -0.2) is 30.5 Å². The summed E-state index contributed by atoms with van der Waals surface area (Å²) in [4.78, 5) is 0. The van der Waals surface area contributed by atoms with Gasteiger partial charge in [-0.05, 0) is 123 Å². The van der Waals surface area contributed by atoms with Crippen LogP contribution in [0, 0.1) is 52.3 Å². The van der Waals surface area contributed by atoms with Crippen LogP contribution < -0.4 is 5.32 Å². The fourth-order valence-electron chi connectivity index (χ4n) is 9.44. The second-order valence-corrected chi connectivity index (χ2v) is 12.4. The molecule has 0 radical (unpaired) electrons. The van der Waals surface area contributed by atoms with Crippen LogP contribution in [0.1, 0.15) is 83.6 Å². The van der Waals surface area contributed by atoms with Crippen LogP contribution >= 0.6 is 0 Å². The molecule has 0 bridgehead atoms. The lowest BCUT2D eigenvalue weighted by atomic mass is 9.48. The maximum Gasteiger partial charge on any atom is 0.0992 e. The molecule has 1 unspecified atom stereocenters. The maximum absolute atomic E-state index is 11.0. The van der Waals surface area contributed by atoms with Gasteiger partial charge in [-0.3, -0.25) is 0 Å². The number of fused-ring (bicyclic) bond motifs is 5. The van der Waals surface area contributed by atoms with Crippen molar-refractivity contribution in [1.29, 1.82) is 5.26 Å². The lowest BCUT2D eigenvalue weighted by Gasteiger charge is -2.57. The van der Waals surface area contributed by atoms with E-state index in [1.54, 1.807) is 7.11 Å². The molecule has 4 fully saturated rings. The molecule has 186 valence electrons. The number of nitrogens with zero attached hydrogens (tertiary/aromatic N) is 1. The molecular formula is C30H44N2O2. The van der Waals surface area contributed by atoms with Crippen molar-refractivity contribution in [3.05, 3.63) is 29.8 Å². The summed E-state index contributed by atoms with van der Waals surface area (Å²) in [5.41, 5.74) is 1.66. The van der Waals surface area contributed by atoms with Gasteiger partial charge in [-0.2, -0.15) is 5.26 Å². The maximum atomic E-state index is 11.0. The molecule has 0 amide bonds. The molecule has 0 aromatic heterocycles. The molecule has 0 aliphatic heterocycles. The lowest BCUT2D eigenvalue weighted by molar-refractivity contribution is -0.124. The standard InChI is InChI=1S/C30H44N2O2/c1-4-28(32-22-7-5-6-20(16-22)18-31)27-11-10-26-25-9-8-21-17-30(33,19-34-3)15-13-23(21)24(25)12-14-29(26,27)2/h5-7,16,21,23-28,32-33H,4,8-15,17,19H2,1-3H3/t21-,23+,24-,25-,26+,27-,28?,29+,30-/m1/s1. The Morgan fingerprint density at radius 3 is 2.71 bits per heavy atom. The Morgan fingerprint density at radius 2 is 1.94 bits per heavy atom. The van der Waals surface area contributed by atoms with E-state index in [0.717, 1.165) is 54.2 Å². The molecule has 0 heterocycles. The zero-order valence-electron chi connectivity index (χ0n) is 21.4. The number of hydrogen-bond donors (Lipinski definition) is 2. The number of anilines is 1. The molecule has 0 saturated heterocycles. The number of benzene rings is 1. The highest BCUT2D eigenvalue weighted by Gasteiger charge is 2.58. The summed E-state index contributed by atoms with van der Waals surface area (Å²) in [6.07, 6.45) is 12.3. The second kappa shape index (κ2) is 9.47. The minimum Gasteiger partial charge on any atom is -0.387 e. The van der Waals surface area contributed by atoms with Gasteiger partial charge >= 0.3 is 0 Å². The van der Waals surface area contributed by atoms with Gasteiger partial charge in [0.1, 0.15) is 0 Å². The molecule has 1 aromatic carbocycles. The van der Waals surface area contributed by atoms with E-state index in [-0.39, 0.29) is 0 Å². The van der Waals surface area contributed by atoms with Gasteiger partial charge in [0.15, 0.2) is 0 Å². The third-order valence-corrected chi connectivity index (χ3v) is 10.9. The Balaban J connectivity index is 1.30. The molecule has 4 aliphatic rings. The third kappa shape index (κ3) is 4.18. The lowest BCUT2D eigenvalue weighted by Crippen LogP contribution is -2.52. The average Bonchev–Trinajstić information content (AvgIpc) is 3.19. The summed E-state index contributed by atoms with van der Waals surface area (Å²) in [6.45, 7) is 5.43. The number of rotatable bonds is 6. The molecule has 4 nitrogen and oxygen atoms in total. The average molecular weight is 465 g/mol. The Bertz CT molecular complexity index is 911. The quantitative estimate of drug-likeness (QED) is 0.511. The van der Waals surface area contributed by atoms with Crippen molar-refractivity contribution in [2.45, 2.75) is 89.7 Å². The first-order valence-electron chi connectivity index (χ1n) is 13.9. The van der Waals surface area contributed by atoms with Crippen molar-refractivity contribution in [2.75, 3.05) is 19.0 Å². The molecule has 4 aliphatic carbocycles. The van der Waals surface area contributed by atoms with E-state index in [0.29, 0.717) is 29.9 Å². The summed E-state index contributed by atoms with van der Waals surface area (Å²) >= 11 is 0. The number of methoxy groups -OCH3 is 1. The number of ether oxygens (including phenoxy) is 1. The minimum atomic E-state index is -0.590. The number of aliphatic hydroxyl groups is 1. The summed E-state index contributed by atoms with van der Waals surface area (Å²) in [5.74, 6) is 4.78. The van der Waals surface area contributed by atoms with Crippen molar-refractivity contribution in [3.63, 3.8) is 0 Å². The Labute approximate surface area is 206 Å². The van der Waals surface area contributed by atoms with Gasteiger partial charge in [0.25, 0.3) is 0 Å². The topological polar surface area (TPSA) is 65.3 Å². The van der Waals surface area contributed by atoms with E-state index >= 15 is 0 Å². The van der Waals surface area contributed by atoms with Gasteiger partial charge in [-0.15, -0.1) is 0 Å². The van der Waals surface area contributed by atoms with Gasteiger partial charge in [0.2, 0.25) is 0 Å². The van der Waals surface area contributed by atoms with Gasteiger partial charge < -0.3 is 15.2 Å². The second-order valence-electron chi connectivity index (χ2n) is 12.4. The van der Waals surface area contributed by atoms with Crippen LogP contribution in [0.5, 0.6) is 0 Å². The zero-order chi connectivity index (χ0) is 23.9. The number of hydrogen-bond acceptors (Lipinski definition) is 4. The van der Waals surface area contributed by atoms with Crippen LogP contribution in [0.2, 0.25) is 0 Å². The molecule has 2 N–H and O–H groups in total. The molecule has 4 heteroatoms. The van der Waals surface area contributed by atoms with Crippen molar-refractivity contribution in [3.8, 4) is 6.07 Å².